The Morgan fingerprint density at radius 1 is 1.18 bits per heavy atom. The fraction of sp³-hybridized carbons (Fsp3) is 0.476. The first-order valence-corrected chi connectivity index (χ1v) is 9.61. The molecule has 0 spiro atoms. The van der Waals surface area contributed by atoms with Gasteiger partial charge in [-0.25, -0.2) is 0 Å². The zero-order chi connectivity index (χ0) is 20.0. The van der Waals surface area contributed by atoms with Crippen molar-refractivity contribution in [3.05, 3.63) is 30.5 Å². The van der Waals surface area contributed by atoms with Gasteiger partial charge in [0, 0.05) is 36.5 Å². The van der Waals surface area contributed by atoms with Crippen LogP contribution in [0.3, 0.4) is 0 Å². The molecule has 1 aromatic rings. The lowest BCUT2D eigenvalue weighted by Crippen LogP contribution is -2.55. The molecule has 28 heavy (non-hydrogen) atoms. The molecule has 1 fully saturated rings. The molecule has 1 aromatic carbocycles. The second kappa shape index (κ2) is 8.91. The maximum absolute atomic E-state index is 13.1. The van der Waals surface area contributed by atoms with Crippen molar-refractivity contribution in [2.24, 2.45) is 10.9 Å². The lowest BCUT2D eigenvalue weighted by Gasteiger charge is -2.29. The van der Waals surface area contributed by atoms with E-state index < -0.39 is 5.54 Å². The minimum absolute atomic E-state index is 0.0990. The Morgan fingerprint density at radius 2 is 1.93 bits per heavy atom. The van der Waals surface area contributed by atoms with Crippen molar-refractivity contribution in [3.8, 4) is 11.5 Å². The fourth-order valence-electron chi connectivity index (χ4n) is 3.72. The van der Waals surface area contributed by atoms with E-state index in [0.29, 0.717) is 42.9 Å². The van der Waals surface area contributed by atoms with Gasteiger partial charge in [0.15, 0.2) is 11.5 Å². The molecule has 1 atom stereocenters. The molecule has 2 amide bonds. The molecule has 0 saturated heterocycles. The molecule has 7 nitrogen and oxygen atoms in total. The summed E-state index contributed by atoms with van der Waals surface area (Å²) in [7, 11) is 3.11. The van der Waals surface area contributed by atoms with Gasteiger partial charge >= 0.3 is 0 Å². The largest absolute Gasteiger partial charge is 0.493 e. The summed E-state index contributed by atoms with van der Waals surface area (Å²) in [5.41, 5.74) is -0.250. The summed E-state index contributed by atoms with van der Waals surface area (Å²) in [6, 6.07) is 5.22. The first-order valence-electron chi connectivity index (χ1n) is 9.61. The molecular formula is C21H27N3O4. The van der Waals surface area contributed by atoms with Crippen LogP contribution in [0.2, 0.25) is 0 Å². The van der Waals surface area contributed by atoms with E-state index >= 15 is 0 Å². The highest BCUT2D eigenvalue weighted by atomic mass is 16.5. The molecule has 1 heterocycles. The van der Waals surface area contributed by atoms with Crippen LogP contribution >= 0.6 is 0 Å². The monoisotopic (exact) mass is 385 g/mol. The zero-order valence-electron chi connectivity index (χ0n) is 16.4. The normalized spacial score (nSPS) is 19.4. The van der Waals surface area contributed by atoms with E-state index in [1.54, 1.807) is 38.6 Å². The van der Waals surface area contributed by atoms with E-state index in [1.807, 2.05) is 12.3 Å². The summed E-state index contributed by atoms with van der Waals surface area (Å²) < 4.78 is 10.5. The summed E-state index contributed by atoms with van der Waals surface area (Å²) in [5, 5.41) is 5.94. The van der Waals surface area contributed by atoms with Gasteiger partial charge < -0.3 is 20.1 Å². The number of rotatable bonds is 8. The van der Waals surface area contributed by atoms with E-state index in [2.05, 4.69) is 15.6 Å². The molecule has 1 aliphatic heterocycles. The van der Waals surface area contributed by atoms with Crippen LogP contribution < -0.4 is 20.1 Å². The van der Waals surface area contributed by atoms with E-state index in [4.69, 9.17) is 9.47 Å². The van der Waals surface area contributed by atoms with Gasteiger partial charge in [0.2, 0.25) is 11.8 Å². The van der Waals surface area contributed by atoms with Crippen molar-refractivity contribution in [1.82, 2.24) is 5.32 Å². The number of methoxy groups -OCH3 is 2. The highest BCUT2D eigenvalue weighted by Gasteiger charge is 2.42. The number of nitrogens with zero attached hydrogens (tertiary/aromatic N) is 1. The average molecular weight is 385 g/mol. The van der Waals surface area contributed by atoms with Crippen LogP contribution in [0.25, 0.3) is 0 Å². The van der Waals surface area contributed by atoms with Gasteiger partial charge in [-0.05, 0) is 31.4 Å². The fourth-order valence-corrected chi connectivity index (χ4v) is 3.72. The molecule has 1 aliphatic carbocycles. The maximum Gasteiger partial charge on any atom is 0.250 e. The minimum atomic E-state index is -0.857. The van der Waals surface area contributed by atoms with Crippen LogP contribution in [-0.2, 0) is 9.59 Å². The molecule has 0 bridgehead atoms. The van der Waals surface area contributed by atoms with Crippen molar-refractivity contribution >= 4 is 23.7 Å². The van der Waals surface area contributed by atoms with E-state index in [1.165, 1.54) is 0 Å². The molecule has 2 aliphatic rings. The predicted octanol–water partition coefficient (Wildman–Crippen LogP) is 3.07. The minimum Gasteiger partial charge on any atom is -0.493 e. The summed E-state index contributed by atoms with van der Waals surface area (Å²) in [6.07, 6.45) is 9.73. The lowest BCUT2D eigenvalue weighted by atomic mass is 9.95. The van der Waals surface area contributed by atoms with Gasteiger partial charge in [-0.15, -0.1) is 0 Å². The van der Waals surface area contributed by atoms with Gasteiger partial charge in [0.1, 0.15) is 5.54 Å². The molecule has 3 rings (SSSR count). The van der Waals surface area contributed by atoms with Crippen molar-refractivity contribution < 1.29 is 19.1 Å². The molecule has 1 unspecified atom stereocenters. The molecule has 150 valence electrons. The van der Waals surface area contributed by atoms with Crippen molar-refractivity contribution in [2.45, 2.75) is 44.1 Å². The van der Waals surface area contributed by atoms with Crippen LogP contribution in [0, 0.1) is 5.92 Å². The third kappa shape index (κ3) is 4.52. The Kier molecular flexibility index (Phi) is 6.34. The Hall–Kier alpha value is -2.83. The number of nitrogens with one attached hydrogen (secondary N) is 2. The number of allylic oxidation sites excluding steroid dienone is 1. The van der Waals surface area contributed by atoms with E-state index in [-0.39, 0.29) is 17.7 Å². The number of benzene rings is 1. The van der Waals surface area contributed by atoms with Gasteiger partial charge in [0.05, 0.1) is 14.2 Å². The Labute approximate surface area is 165 Å². The number of carbonyl (C=O) groups excluding carboxylic acids is 2. The second-order valence-electron chi connectivity index (χ2n) is 7.20. The molecule has 1 saturated carbocycles. The van der Waals surface area contributed by atoms with Crippen molar-refractivity contribution in [1.29, 1.82) is 0 Å². The first kappa shape index (κ1) is 19.9. The Morgan fingerprint density at radius 3 is 2.57 bits per heavy atom. The van der Waals surface area contributed by atoms with Crippen molar-refractivity contribution in [2.75, 3.05) is 19.5 Å². The SMILES string of the molecule is COc1ccc(NC(=O)C2(NC(=O)CCC3C=CN=C3)CCCC2)cc1OC. The van der Waals surface area contributed by atoms with E-state index in [0.717, 1.165) is 12.8 Å². The molecule has 7 heteroatoms. The van der Waals surface area contributed by atoms with Crippen molar-refractivity contribution in [3.63, 3.8) is 0 Å². The van der Waals surface area contributed by atoms with Gasteiger partial charge in [-0.3, -0.25) is 14.6 Å². The van der Waals surface area contributed by atoms with Crippen LogP contribution in [0.1, 0.15) is 38.5 Å². The molecule has 2 N–H and O–H groups in total. The maximum atomic E-state index is 13.1. The van der Waals surface area contributed by atoms with Crippen LogP contribution in [0.4, 0.5) is 5.69 Å². The number of aliphatic imine (C=N–C) groups is 1. The van der Waals surface area contributed by atoms with Crippen LogP contribution in [0.15, 0.2) is 35.5 Å². The van der Waals surface area contributed by atoms with Crippen LogP contribution in [-0.4, -0.2) is 37.8 Å². The summed E-state index contributed by atoms with van der Waals surface area (Å²) >= 11 is 0. The van der Waals surface area contributed by atoms with Crippen LogP contribution in [0.5, 0.6) is 11.5 Å². The first-order chi connectivity index (χ1) is 13.6. The number of ether oxygens (including phenoxy) is 2. The standard InChI is InChI=1S/C21H27N3O4/c1-27-17-7-6-16(13-18(17)28-2)23-20(26)21(10-3-4-11-21)24-19(25)8-5-15-9-12-22-14-15/h6-7,9,12-15H,3-5,8,10-11H2,1-2H3,(H,23,26)(H,24,25). The third-order valence-electron chi connectivity index (χ3n) is 5.31. The van der Waals surface area contributed by atoms with Gasteiger partial charge in [0.25, 0.3) is 0 Å². The molecule has 0 aromatic heterocycles. The smallest absolute Gasteiger partial charge is 0.250 e. The quantitative estimate of drug-likeness (QED) is 0.720. The highest BCUT2D eigenvalue weighted by Crippen LogP contribution is 2.33. The number of carbonyl (C=O) groups is 2. The molecular weight excluding hydrogens is 358 g/mol. The number of amides is 2. The van der Waals surface area contributed by atoms with Gasteiger partial charge in [-0.2, -0.15) is 0 Å². The summed E-state index contributed by atoms with van der Waals surface area (Å²) in [5.74, 6) is 1.04. The van der Waals surface area contributed by atoms with E-state index in [9.17, 15) is 9.59 Å². The van der Waals surface area contributed by atoms with Gasteiger partial charge in [-0.1, -0.05) is 18.9 Å². The molecule has 0 radical (unpaired) electrons. The number of hydrogen-bond acceptors (Lipinski definition) is 5. The average Bonchev–Trinajstić information content (AvgIpc) is 3.39. The third-order valence-corrected chi connectivity index (χ3v) is 5.31. The number of anilines is 1. The zero-order valence-corrected chi connectivity index (χ0v) is 16.4. The summed E-state index contributed by atoms with van der Waals surface area (Å²) in [6.45, 7) is 0. The topological polar surface area (TPSA) is 89.0 Å². The predicted molar refractivity (Wildman–Crippen MR) is 108 cm³/mol. The number of hydrogen-bond donors (Lipinski definition) is 2. The summed E-state index contributed by atoms with van der Waals surface area (Å²) in [4.78, 5) is 29.6. The second-order valence-corrected chi connectivity index (χ2v) is 7.20. The highest BCUT2D eigenvalue weighted by molar-refractivity contribution is 6.01. The Bertz CT molecular complexity index is 770. The lowest BCUT2D eigenvalue weighted by molar-refractivity contribution is -0.130. The Balaban J connectivity index is 1.65.